The fraction of sp³-hybridized carbons (Fsp3) is 0.654. The molecule has 14 heteroatoms. The number of piperidine rings is 2. The SMILES string of the molecule is NC(=O)c1cc2c(cc1Cl)N(C1CC3CCC(C1)N3S(=O)(=O)CC1CCN(CCCC(F)(F)F)CC1)C(=O)C2=O. The molecule has 0 spiro atoms. The third kappa shape index (κ3) is 5.75. The van der Waals surface area contributed by atoms with E-state index in [1.54, 1.807) is 4.31 Å². The van der Waals surface area contributed by atoms with Crippen molar-refractivity contribution in [3.05, 3.63) is 28.3 Å². The second kappa shape index (κ2) is 10.9. The quantitative estimate of drug-likeness (QED) is 0.454. The molecule has 4 aliphatic heterocycles. The molecule has 1 aromatic carbocycles. The number of fused-ring (bicyclic) bond motifs is 3. The zero-order valence-corrected chi connectivity index (χ0v) is 23.4. The Morgan fingerprint density at radius 3 is 2.23 bits per heavy atom. The highest BCUT2D eigenvalue weighted by Crippen LogP contribution is 2.44. The van der Waals surface area contributed by atoms with Crippen LogP contribution in [0, 0.1) is 5.92 Å². The first-order valence-corrected chi connectivity index (χ1v) is 15.6. The Balaban J connectivity index is 1.22. The summed E-state index contributed by atoms with van der Waals surface area (Å²) in [6, 6.07) is 1.65. The number of carbonyl (C=O) groups excluding carboxylic acids is 3. The maximum Gasteiger partial charge on any atom is 0.389 e. The summed E-state index contributed by atoms with van der Waals surface area (Å²) in [6.45, 7) is 1.52. The van der Waals surface area contributed by atoms with Gasteiger partial charge in [0, 0.05) is 24.5 Å². The van der Waals surface area contributed by atoms with Gasteiger partial charge in [0.25, 0.3) is 11.7 Å². The highest BCUT2D eigenvalue weighted by Gasteiger charge is 2.51. The minimum Gasteiger partial charge on any atom is -0.366 e. The number of halogens is 4. The Bertz CT molecular complexity index is 1300. The predicted molar refractivity (Wildman–Crippen MR) is 142 cm³/mol. The highest BCUT2D eigenvalue weighted by atomic mass is 35.5. The smallest absolute Gasteiger partial charge is 0.366 e. The summed E-state index contributed by atoms with van der Waals surface area (Å²) in [7, 11) is -3.60. The van der Waals surface area contributed by atoms with Gasteiger partial charge in [0.15, 0.2) is 0 Å². The van der Waals surface area contributed by atoms with E-state index in [4.69, 9.17) is 17.3 Å². The number of sulfonamides is 1. The van der Waals surface area contributed by atoms with Gasteiger partial charge >= 0.3 is 6.18 Å². The number of amides is 2. The van der Waals surface area contributed by atoms with E-state index >= 15 is 0 Å². The molecule has 220 valence electrons. The van der Waals surface area contributed by atoms with Crippen molar-refractivity contribution in [2.75, 3.05) is 30.3 Å². The number of anilines is 1. The molecule has 3 fully saturated rings. The van der Waals surface area contributed by atoms with Crippen molar-refractivity contribution < 1.29 is 36.0 Å². The van der Waals surface area contributed by atoms with Crippen LogP contribution in [-0.2, 0) is 14.8 Å². The van der Waals surface area contributed by atoms with Crippen molar-refractivity contribution >= 4 is 44.9 Å². The van der Waals surface area contributed by atoms with E-state index in [1.807, 2.05) is 4.90 Å². The molecule has 0 aliphatic carbocycles. The van der Waals surface area contributed by atoms with Gasteiger partial charge in [-0.25, -0.2) is 8.42 Å². The zero-order valence-electron chi connectivity index (χ0n) is 21.8. The maximum atomic E-state index is 13.6. The molecule has 0 radical (unpaired) electrons. The summed E-state index contributed by atoms with van der Waals surface area (Å²) in [4.78, 5) is 40.8. The van der Waals surface area contributed by atoms with Gasteiger partial charge in [-0.2, -0.15) is 17.5 Å². The Morgan fingerprint density at radius 2 is 1.65 bits per heavy atom. The lowest BCUT2D eigenvalue weighted by molar-refractivity contribution is -0.136. The Morgan fingerprint density at radius 1 is 1.02 bits per heavy atom. The van der Waals surface area contributed by atoms with E-state index < -0.39 is 46.3 Å². The van der Waals surface area contributed by atoms with Crippen LogP contribution in [0.15, 0.2) is 12.1 Å². The number of hydrogen-bond donors (Lipinski definition) is 1. The molecular formula is C26H32ClF3N4O5S. The molecule has 2 unspecified atom stereocenters. The topological polar surface area (TPSA) is 121 Å². The molecule has 1 aromatic rings. The van der Waals surface area contributed by atoms with Crippen LogP contribution in [0.5, 0.6) is 0 Å². The van der Waals surface area contributed by atoms with Gasteiger partial charge in [0.2, 0.25) is 15.9 Å². The number of rotatable bonds is 8. The normalized spacial score (nSPS) is 26.5. The number of likely N-dealkylation sites (tertiary alicyclic amines) is 1. The van der Waals surface area contributed by atoms with Gasteiger partial charge in [0.1, 0.15) is 0 Å². The average Bonchev–Trinajstić information content (AvgIpc) is 3.28. The third-order valence-corrected chi connectivity index (χ3v) is 11.1. The van der Waals surface area contributed by atoms with E-state index in [-0.39, 0.29) is 46.3 Å². The number of nitrogens with two attached hydrogens (primary N) is 1. The zero-order chi connectivity index (χ0) is 29.0. The van der Waals surface area contributed by atoms with Crippen LogP contribution in [0.25, 0.3) is 0 Å². The van der Waals surface area contributed by atoms with Gasteiger partial charge in [-0.15, -0.1) is 0 Å². The summed E-state index contributed by atoms with van der Waals surface area (Å²) in [6.07, 6.45) is -1.64. The van der Waals surface area contributed by atoms with Gasteiger partial charge in [-0.05, 0) is 82.6 Å². The predicted octanol–water partition coefficient (Wildman–Crippen LogP) is 3.35. The summed E-state index contributed by atoms with van der Waals surface area (Å²) < 4.78 is 66.0. The Hall–Kier alpha value is -2.22. The van der Waals surface area contributed by atoms with Crippen LogP contribution in [0.2, 0.25) is 5.02 Å². The van der Waals surface area contributed by atoms with E-state index in [1.165, 1.54) is 17.0 Å². The van der Waals surface area contributed by atoms with Gasteiger partial charge in [-0.1, -0.05) is 11.6 Å². The van der Waals surface area contributed by atoms with Crippen LogP contribution in [-0.4, -0.2) is 84.9 Å². The standard InChI is InChI=1S/C26H32ClF3N4O5S/c27-21-13-22-20(12-19(21)24(31)36)23(35)25(37)33(22)18-10-16-2-3-17(11-18)34(16)40(38,39)14-15-4-8-32(9-5-15)7-1-6-26(28,29)30/h12-13,15-18H,1-11,14H2,(H2,31,36). The first-order valence-electron chi connectivity index (χ1n) is 13.6. The lowest BCUT2D eigenvalue weighted by Crippen LogP contribution is -2.54. The molecule has 3 saturated heterocycles. The van der Waals surface area contributed by atoms with Gasteiger partial charge in [0.05, 0.1) is 27.6 Å². The number of hydrogen-bond acceptors (Lipinski definition) is 6. The minimum atomic E-state index is -4.16. The van der Waals surface area contributed by atoms with Crippen molar-refractivity contribution in [1.82, 2.24) is 9.21 Å². The number of ketones is 1. The van der Waals surface area contributed by atoms with Crippen LogP contribution in [0.1, 0.15) is 72.1 Å². The first-order chi connectivity index (χ1) is 18.7. The molecule has 2 bridgehead atoms. The number of benzene rings is 1. The maximum absolute atomic E-state index is 13.6. The fourth-order valence-electron chi connectivity index (χ4n) is 6.86. The molecule has 40 heavy (non-hydrogen) atoms. The minimum absolute atomic E-state index is 0.00345. The van der Waals surface area contributed by atoms with E-state index in [9.17, 15) is 36.0 Å². The number of carbonyl (C=O) groups is 3. The van der Waals surface area contributed by atoms with E-state index in [2.05, 4.69) is 0 Å². The molecule has 5 rings (SSSR count). The molecular weight excluding hydrogens is 573 g/mol. The van der Waals surface area contributed by atoms with E-state index in [0.29, 0.717) is 63.8 Å². The molecule has 0 aromatic heterocycles. The Kier molecular flexibility index (Phi) is 7.97. The molecule has 0 saturated carbocycles. The summed E-state index contributed by atoms with van der Waals surface area (Å²) >= 11 is 6.21. The summed E-state index contributed by atoms with van der Waals surface area (Å²) in [5.41, 5.74) is 5.67. The molecule has 9 nitrogen and oxygen atoms in total. The van der Waals surface area contributed by atoms with Crippen molar-refractivity contribution in [2.45, 2.75) is 75.7 Å². The molecule has 2 atom stereocenters. The molecule has 2 N–H and O–H groups in total. The lowest BCUT2D eigenvalue weighted by atomic mass is 9.97. The second-order valence-electron chi connectivity index (χ2n) is 11.3. The molecule has 2 amide bonds. The number of alkyl halides is 3. The van der Waals surface area contributed by atoms with Crippen LogP contribution in [0.4, 0.5) is 18.9 Å². The lowest BCUT2D eigenvalue weighted by Gasteiger charge is -2.42. The highest BCUT2D eigenvalue weighted by molar-refractivity contribution is 7.89. The van der Waals surface area contributed by atoms with Crippen LogP contribution < -0.4 is 10.6 Å². The molecule has 4 aliphatic rings. The van der Waals surface area contributed by atoms with Crippen molar-refractivity contribution in [2.24, 2.45) is 11.7 Å². The first kappa shape index (κ1) is 29.3. The van der Waals surface area contributed by atoms with Crippen LogP contribution >= 0.6 is 11.6 Å². The molecule has 4 heterocycles. The summed E-state index contributed by atoms with van der Waals surface area (Å²) in [5, 5.41) is 0.0353. The van der Waals surface area contributed by atoms with Crippen molar-refractivity contribution in [3.63, 3.8) is 0 Å². The number of primary amides is 1. The Labute approximate surface area is 235 Å². The number of nitrogens with zero attached hydrogens (tertiary/aromatic N) is 3. The summed E-state index contributed by atoms with van der Waals surface area (Å²) in [5.74, 6) is -2.35. The second-order valence-corrected chi connectivity index (χ2v) is 13.7. The largest absolute Gasteiger partial charge is 0.389 e. The average molecular weight is 605 g/mol. The van der Waals surface area contributed by atoms with Crippen LogP contribution in [0.3, 0.4) is 0 Å². The van der Waals surface area contributed by atoms with Gasteiger partial charge < -0.3 is 15.5 Å². The van der Waals surface area contributed by atoms with Crippen molar-refractivity contribution in [3.8, 4) is 0 Å². The monoisotopic (exact) mass is 604 g/mol. The fourth-order valence-corrected chi connectivity index (χ4v) is 9.51. The van der Waals surface area contributed by atoms with E-state index in [0.717, 1.165) is 0 Å². The van der Waals surface area contributed by atoms with Gasteiger partial charge in [-0.3, -0.25) is 14.4 Å². The third-order valence-electron chi connectivity index (χ3n) is 8.68. The number of Topliss-reactive ketones (excluding diaryl/α,β-unsaturated/α-hetero) is 1. The van der Waals surface area contributed by atoms with Crippen molar-refractivity contribution in [1.29, 1.82) is 0 Å².